The van der Waals surface area contributed by atoms with Crippen molar-refractivity contribution in [1.82, 2.24) is 5.32 Å². The predicted molar refractivity (Wildman–Crippen MR) is 112 cm³/mol. The van der Waals surface area contributed by atoms with Crippen LogP contribution in [-0.2, 0) is 21.4 Å². The molecule has 0 aliphatic carbocycles. The van der Waals surface area contributed by atoms with Crippen LogP contribution >= 0.6 is 0 Å². The molecule has 9 heteroatoms. The molecule has 0 unspecified atom stereocenters. The van der Waals surface area contributed by atoms with E-state index in [2.05, 4.69) is 15.0 Å². The number of para-hydroxylation sites is 1. The third-order valence-electron chi connectivity index (χ3n) is 4.89. The van der Waals surface area contributed by atoms with Crippen LogP contribution in [-0.4, -0.2) is 27.0 Å². The number of ether oxygens (including phenoxy) is 2. The molecule has 158 valence electrons. The van der Waals surface area contributed by atoms with Gasteiger partial charge in [0.15, 0.2) is 11.5 Å². The molecule has 0 bridgehead atoms. The molecule has 2 aromatic carbocycles. The second-order valence-corrected chi connectivity index (χ2v) is 9.69. The number of amidine groups is 1. The molecule has 4 rings (SSSR count). The number of hydrogen-bond donors (Lipinski definition) is 2. The standard InChI is InChI=1S/C21H23N3O5S/c1-21(2,10-19-23-15-5-3-4-6-18(15)30(26,27)24-19)11-20(25)22-12-14-7-8-16-17(9-14)29-13-28-16/h3-9H,10-13H2,1-2H3,(H,22,25)(H,23,24). The summed E-state index contributed by atoms with van der Waals surface area (Å²) in [5.41, 5.74) is 0.920. The first-order valence-corrected chi connectivity index (χ1v) is 11.0. The van der Waals surface area contributed by atoms with E-state index in [1.54, 1.807) is 18.2 Å². The second kappa shape index (κ2) is 7.64. The summed E-state index contributed by atoms with van der Waals surface area (Å²) in [6.07, 6.45) is 0.540. The molecule has 0 saturated carbocycles. The zero-order valence-corrected chi connectivity index (χ0v) is 17.6. The van der Waals surface area contributed by atoms with Crippen molar-refractivity contribution >= 4 is 27.5 Å². The van der Waals surface area contributed by atoms with E-state index in [0.717, 1.165) is 5.56 Å². The third-order valence-corrected chi connectivity index (χ3v) is 6.26. The van der Waals surface area contributed by atoms with Crippen LogP contribution in [0, 0.1) is 5.41 Å². The first-order chi connectivity index (χ1) is 14.2. The highest BCUT2D eigenvalue weighted by molar-refractivity contribution is 7.90. The molecule has 2 aromatic rings. The van der Waals surface area contributed by atoms with Gasteiger partial charge in [0.2, 0.25) is 12.7 Å². The molecule has 0 atom stereocenters. The fraction of sp³-hybridized carbons (Fsp3) is 0.333. The number of carbonyl (C=O) groups excluding carboxylic acids is 1. The molecule has 0 aromatic heterocycles. The zero-order valence-electron chi connectivity index (χ0n) is 16.8. The fourth-order valence-corrected chi connectivity index (χ4v) is 4.65. The van der Waals surface area contributed by atoms with Gasteiger partial charge in [0.05, 0.1) is 5.69 Å². The average Bonchev–Trinajstić information content (AvgIpc) is 3.13. The molecular formula is C21H23N3O5S. The Bertz CT molecular complexity index is 1130. The Morgan fingerprint density at radius 1 is 1.17 bits per heavy atom. The molecule has 2 aliphatic rings. The van der Waals surface area contributed by atoms with Crippen LogP contribution in [0.2, 0.25) is 0 Å². The van der Waals surface area contributed by atoms with Gasteiger partial charge in [0.25, 0.3) is 10.0 Å². The van der Waals surface area contributed by atoms with Crippen LogP contribution in [0.5, 0.6) is 11.5 Å². The van der Waals surface area contributed by atoms with Crippen molar-refractivity contribution in [3.8, 4) is 11.5 Å². The van der Waals surface area contributed by atoms with E-state index in [0.29, 0.717) is 36.0 Å². The van der Waals surface area contributed by atoms with Gasteiger partial charge in [-0.2, -0.15) is 8.42 Å². The summed E-state index contributed by atoms with van der Waals surface area (Å²) in [5, 5.41) is 5.98. The van der Waals surface area contributed by atoms with Crippen LogP contribution in [0.3, 0.4) is 0 Å². The summed E-state index contributed by atoms with van der Waals surface area (Å²) in [5.74, 6) is 1.58. The number of rotatable bonds is 6. The summed E-state index contributed by atoms with van der Waals surface area (Å²) < 4.78 is 39.3. The van der Waals surface area contributed by atoms with E-state index in [1.807, 2.05) is 32.0 Å². The Kier molecular flexibility index (Phi) is 5.15. The van der Waals surface area contributed by atoms with E-state index >= 15 is 0 Å². The molecule has 0 spiro atoms. The van der Waals surface area contributed by atoms with Crippen LogP contribution in [0.15, 0.2) is 51.8 Å². The molecule has 2 heterocycles. The number of amides is 1. The number of nitrogens with one attached hydrogen (secondary N) is 2. The topological polar surface area (TPSA) is 106 Å². The summed E-state index contributed by atoms with van der Waals surface area (Å²) in [4.78, 5) is 12.6. The van der Waals surface area contributed by atoms with Gasteiger partial charge in [-0.1, -0.05) is 32.0 Å². The first kappa shape index (κ1) is 20.2. The largest absolute Gasteiger partial charge is 0.454 e. The van der Waals surface area contributed by atoms with Gasteiger partial charge in [0.1, 0.15) is 10.7 Å². The number of carbonyl (C=O) groups is 1. The Balaban J connectivity index is 1.36. The van der Waals surface area contributed by atoms with Gasteiger partial charge >= 0.3 is 0 Å². The number of anilines is 1. The molecular weight excluding hydrogens is 406 g/mol. The van der Waals surface area contributed by atoms with E-state index < -0.39 is 15.4 Å². The quantitative estimate of drug-likeness (QED) is 0.731. The number of sulfonamides is 1. The smallest absolute Gasteiger partial charge is 0.286 e. The maximum atomic E-state index is 12.5. The molecule has 30 heavy (non-hydrogen) atoms. The van der Waals surface area contributed by atoms with Crippen molar-refractivity contribution in [2.24, 2.45) is 9.81 Å². The highest BCUT2D eigenvalue weighted by Gasteiger charge is 2.30. The highest BCUT2D eigenvalue weighted by atomic mass is 32.2. The van der Waals surface area contributed by atoms with E-state index in [4.69, 9.17) is 9.47 Å². The van der Waals surface area contributed by atoms with Gasteiger partial charge in [-0.15, -0.1) is 4.40 Å². The molecule has 2 N–H and O–H groups in total. The molecule has 8 nitrogen and oxygen atoms in total. The number of benzene rings is 2. The van der Waals surface area contributed by atoms with Crippen molar-refractivity contribution in [2.45, 2.75) is 38.1 Å². The third kappa shape index (κ3) is 4.40. The van der Waals surface area contributed by atoms with Crippen LogP contribution in [0.1, 0.15) is 32.3 Å². The maximum Gasteiger partial charge on any atom is 0.286 e. The number of fused-ring (bicyclic) bond motifs is 2. The lowest BCUT2D eigenvalue weighted by atomic mass is 9.84. The van der Waals surface area contributed by atoms with Crippen LogP contribution < -0.4 is 20.1 Å². The monoisotopic (exact) mass is 429 g/mol. The minimum absolute atomic E-state index is 0.127. The molecule has 0 saturated heterocycles. The zero-order chi connectivity index (χ0) is 21.4. The van der Waals surface area contributed by atoms with Gasteiger partial charge < -0.3 is 20.1 Å². The number of nitrogens with zero attached hydrogens (tertiary/aromatic N) is 1. The molecule has 0 radical (unpaired) electrons. The van der Waals surface area contributed by atoms with Crippen molar-refractivity contribution in [2.75, 3.05) is 12.1 Å². The molecule has 2 aliphatic heterocycles. The fourth-order valence-electron chi connectivity index (χ4n) is 3.51. The van der Waals surface area contributed by atoms with Gasteiger partial charge in [-0.05, 0) is 35.2 Å². The Morgan fingerprint density at radius 3 is 2.77 bits per heavy atom. The van der Waals surface area contributed by atoms with E-state index in [9.17, 15) is 13.2 Å². The summed E-state index contributed by atoms with van der Waals surface area (Å²) in [6.45, 7) is 4.39. The molecule has 0 fully saturated rings. The first-order valence-electron chi connectivity index (χ1n) is 9.57. The predicted octanol–water partition coefficient (Wildman–Crippen LogP) is 3.05. The summed E-state index contributed by atoms with van der Waals surface area (Å²) >= 11 is 0. The SMILES string of the molecule is CC(C)(CC(=O)NCc1ccc2c(c1)OCO2)CC1=NS(=O)(=O)c2ccccc2N1. The van der Waals surface area contributed by atoms with Crippen molar-refractivity contribution < 1.29 is 22.7 Å². The van der Waals surface area contributed by atoms with Crippen LogP contribution in [0.25, 0.3) is 0 Å². The van der Waals surface area contributed by atoms with Gasteiger partial charge in [0, 0.05) is 19.4 Å². The lowest BCUT2D eigenvalue weighted by molar-refractivity contribution is -0.123. The van der Waals surface area contributed by atoms with Gasteiger partial charge in [-0.25, -0.2) is 0 Å². The molecule has 1 amide bonds. The Hall–Kier alpha value is -3.07. The lowest BCUT2D eigenvalue weighted by Crippen LogP contribution is -2.32. The van der Waals surface area contributed by atoms with Crippen molar-refractivity contribution in [3.05, 3.63) is 48.0 Å². The lowest BCUT2D eigenvalue weighted by Gasteiger charge is -2.27. The number of hydrogen-bond acceptors (Lipinski definition) is 6. The Labute approximate surface area is 175 Å². The van der Waals surface area contributed by atoms with Crippen LogP contribution in [0.4, 0.5) is 5.69 Å². The Morgan fingerprint density at radius 2 is 1.93 bits per heavy atom. The van der Waals surface area contributed by atoms with Crippen molar-refractivity contribution in [1.29, 1.82) is 0 Å². The average molecular weight is 429 g/mol. The van der Waals surface area contributed by atoms with E-state index in [-0.39, 0.29) is 24.0 Å². The maximum absolute atomic E-state index is 12.5. The minimum atomic E-state index is -3.74. The minimum Gasteiger partial charge on any atom is -0.454 e. The van der Waals surface area contributed by atoms with Gasteiger partial charge in [-0.3, -0.25) is 4.79 Å². The van der Waals surface area contributed by atoms with Crippen molar-refractivity contribution in [3.63, 3.8) is 0 Å². The normalized spacial score (nSPS) is 16.3. The summed E-state index contributed by atoms with van der Waals surface area (Å²) in [7, 11) is -3.74. The second-order valence-electron chi connectivity index (χ2n) is 8.12. The van der Waals surface area contributed by atoms with E-state index in [1.165, 1.54) is 6.07 Å². The summed E-state index contributed by atoms with van der Waals surface area (Å²) in [6, 6.07) is 12.2. The highest BCUT2D eigenvalue weighted by Crippen LogP contribution is 2.33.